The first kappa shape index (κ1) is 14.4. The van der Waals surface area contributed by atoms with E-state index in [1.807, 2.05) is 20.9 Å². The van der Waals surface area contributed by atoms with Crippen molar-refractivity contribution in [1.29, 1.82) is 5.26 Å². The predicted octanol–water partition coefficient (Wildman–Crippen LogP) is 2.33. The van der Waals surface area contributed by atoms with Gasteiger partial charge in [-0.1, -0.05) is 0 Å². The molecule has 0 aromatic rings. The fraction of sp³-hybridized carbons (Fsp3) is 0.917. The zero-order valence-corrected chi connectivity index (χ0v) is 10.5. The maximum atomic E-state index is 8.82. The Labute approximate surface area is 93.8 Å². The summed E-state index contributed by atoms with van der Waals surface area (Å²) in [6, 6.07) is 2.31. The Morgan fingerprint density at radius 2 is 2.07 bits per heavy atom. The minimum atomic E-state index is -0.184. The Balaban J connectivity index is 3.37. The number of ether oxygens (including phenoxy) is 1. The molecule has 0 aromatic heterocycles. The molecular weight excluding hydrogens is 188 g/mol. The monoisotopic (exact) mass is 212 g/mol. The minimum absolute atomic E-state index is 0.184. The molecule has 1 atom stereocenters. The molecule has 1 unspecified atom stereocenters. The molecule has 0 saturated heterocycles. The second kappa shape index (κ2) is 7.67. The van der Waals surface area contributed by atoms with Crippen LogP contribution in [0.3, 0.4) is 0 Å². The van der Waals surface area contributed by atoms with Crippen LogP contribution in [-0.4, -0.2) is 26.3 Å². The highest BCUT2D eigenvalue weighted by Crippen LogP contribution is 2.21. The van der Waals surface area contributed by atoms with E-state index < -0.39 is 0 Å². The zero-order valence-electron chi connectivity index (χ0n) is 10.5. The topological polar surface area (TPSA) is 45.0 Å². The van der Waals surface area contributed by atoms with E-state index in [2.05, 4.69) is 18.3 Å². The van der Waals surface area contributed by atoms with E-state index in [4.69, 9.17) is 10.00 Å². The van der Waals surface area contributed by atoms with Crippen LogP contribution < -0.4 is 5.32 Å². The maximum Gasteiger partial charge on any atom is 0.0683 e. The Hall–Kier alpha value is -0.590. The van der Waals surface area contributed by atoms with Crippen LogP contribution in [0.5, 0.6) is 0 Å². The van der Waals surface area contributed by atoms with Gasteiger partial charge in [0.25, 0.3) is 0 Å². The molecule has 3 heteroatoms. The van der Waals surface area contributed by atoms with Crippen molar-refractivity contribution in [3.8, 4) is 6.07 Å². The molecule has 0 saturated carbocycles. The third-order valence-electron chi connectivity index (χ3n) is 2.39. The predicted molar refractivity (Wildman–Crippen MR) is 62.6 cm³/mol. The van der Waals surface area contributed by atoms with Gasteiger partial charge >= 0.3 is 0 Å². The molecule has 3 nitrogen and oxygen atoms in total. The summed E-state index contributed by atoms with van der Waals surface area (Å²) in [5.41, 5.74) is -0.184. The average Bonchev–Trinajstić information content (AvgIpc) is 2.17. The van der Waals surface area contributed by atoms with Crippen LogP contribution in [-0.2, 0) is 4.74 Å². The van der Waals surface area contributed by atoms with Gasteiger partial charge in [-0.3, -0.25) is 0 Å². The van der Waals surface area contributed by atoms with Gasteiger partial charge in [0.2, 0.25) is 0 Å². The maximum absolute atomic E-state index is 8.82. The van der Waals surface area contributed by atoms with Gasteiger partial charge in [-0.05, 0) is 47.1 Å². The molecule has 0 amide bonds. The molecule has 0 spiro atoms. The number of hydrogen-bond donors (Lipinski definition) is 1. The van der Waals surface area contributed by atoms with Crippen LogP contribution in [0.1, 0.15) is 40.0 Å². The summed E-state index contributed by atoms with van der Waals surface area (Å²) in [5.74, 6) is 0. The van der Waals surface area contributed by atoms with E-state index in [1.165, 1.54) is 0 Å². The molecule has 0 radical (unpaired) electrons. The molecule has 0 aliphatic heterocycles. The van der Waals surface area contributed by atoms with Gasteiger partial charge in [0.15, 0.2) is 0 Å². The van der Waals surface area contributed by atoms with Gasteiger partial charge in [-0.25, -0.2) is 0 Å². The molecule has 0 bridgehead atoms. The number of likely N-dealkylation sites (N-methyl/N-ethyl adjacent to an activating group) is 1. The van der Waals surface area contributed by atoms with E-state index in [-0.39, 0.29) is 11.5 Å². The van der Waals surface area contributed by atoms with E-state index >= 15 is 0 Å². The summed E-state index contributed by atoms with van der Waals surface area (Å²) in [5, 5.41) is 11.9. The fourth-order valence-electron chi connectivity index (χ4n) is 1.36. The van der Waals surface area contributed by atoms with E-state index in [1.54, 1.807) is 0 Å². The zero-order chi connectivity index (χ0) is 11.7. The SMILES string of the molecule is CNCC(C)OCCCCC(C)(C)C#N. The van der Waals surface area contributed by atoms with Gasteiger partial charge in [0.1, 0.15) is 0 Å². The second-order valence-electron chi connectivity index (χ2n) is 4.69. The molecule has 15 heavy (non-hydrogen) atoms. The molecule has 0 rings (SSSR count). The van der Waals surface area contributed by atoms with Gasteiger partial charge in [-0.15, -0.1) is 0 Å². The molecule has 0 heterocycles. The summed E-state index contributed by atoms with van der Waals surface area (Å²) in [4.78, 5) is 0. The number of hydrogen-bond acceptors (Lipinski definition) is 3. The Morgan fingerprint density at radius 3 is 2.60 bits per heavy atom. The van der Waals surface area contributed by atoms with E-state index in [0.29, 0.717) is 0 Å². The summed E-state index contributed by atoms with van der Waals surface area (Å²) in [7, 11) is 1.93. The lowest BCUT2D eigenvalue weighted by Gasteiger charge is -2.15. The summed E-state index contributed by atoms with van der Waals surface area (Å²) in [6.45, 7) is 7.72. The highest BCUT2D eigenvalue weighted by molar-refractivity contribution is 4.91. The van der Waals surface area contributed by atoms with Gasteiger partial charge in [0.05, 0.1) is 17.6 Å². The minimum Gasteiger partial charge on any atom is -0.377 e. The van der Waals surface area contributed by atoms with Gasteiger partial charge < -0.3 is 10.1 Å². The summed E-state index contributed by atoms with van der Waals surface area (Å²) < 4.78 is 5.59. The highest BCUT2D eigenvalue weighted by atomic mass is 16.5. The molecule has 0 fully saturated rings. The van der Waals surface area contributed by atoms with Gasteiger partial charge in [0, 0.05) is 13.2 Å². The van der Waals surface area contributed by atoms with Crippen molar-refractivity contribution in [1.82, 2.24) is 5.32 Å². The lowest BCUT2D eigenvalue weighted by molar-refractivity contribution is 0.0636. The first-order valence-electron chi connectivity index (χ1n) is 5.69. The number of nitriles is 1. The van der Waals surface area contributed by atoms with Crippen molar-refractivity contribution in [2.24, 2.45) is 5.41 Å². The lowest BCUT2D eigenvalue weighted by atomic mass is 9.89. The Bertz CT molecular complexity index is 196. The fourth-order valence-corrected chi connectivity index (χ4v) is 1.36. The average molecular weight is 212 g/mol. The molecular formula is C12H24N2O. The van der Waals surface area contributed by atoms with Crippen LogP contribution in [0, 0.1) is 16.7 Å². The third-order valence-corrected chi connectivity index (χ3v) is 2.39. The standard InChI is InChI=1S/C12H24N2O/c1-11(9-14-4)15-8-6-5-7-12(2,3)10-13/h11,14H,5-9H2,1-4H3. The molecule has 1 N–H and O–H groups in total. The number of unbranched alkanes of at least 4 members (excludes halogenated alkanes) is 1. The molecule has 0 aliphatic carbocycles. The first-order chi connectivity index (χ1) is 7.02. The van der Waals surface area contributed by atoms with E-state index in [9.17, 15) is 0 Å². The van der Waals surface area contributed by atoms with E-state index in [0.717, 1.165) is 32.4 Å². The Kier molecular flexibility index (Phi) is 7.37. The number of nitrogens with zero attached hydrogens (tertiary/aromatic N) is 1. The van der Waals surface area contributed by atoms with Crippen LogP contribution in [0.25, 0.3) is 0 Å². The second-order valence-corrected chi connectivity index (χ2v) is 4.69. The largest absolute Gasteiger partial charge is 0.377 e. The molecule has 0 aliphatic rings. The molecule has 88 valence electrons. The molecule has 0 aromatic carbocycles. The van der Waals surface area contributed by atoms with Gasteiger partial charge in [-0.2, -0.15) is 5.26 Å². The summed E-state index contributed by atoms with van der Waals surface area (Å²) in [6.07, 6.45) is 3.33. The van der Waals surface area contributed by atoms with Crippen LogP contribution in [0.2, 0.25) is 0 Å². The smallest absolute Gasteiger partial charge is 0.0683 e. The normalized spacial score (nSPS) is 13.5. The lowest BCUT2D eigenvalue weighted by Crippen LogP contribution is -2.24. The van der Waals surface area contributed by atoms with Crippen molar-refractivity contribution >= 4 is 0 Å². The third kappa shape index (κ3) is 8.41. The van der Waals surface area contributed by atoms with Crippen LogP contribution >= 0.6 is 0 Å². The quantitative estimate of drug-likeness (QED) is 0.628. The Morgan fingerprint density at radius 1 is 1.40 bits per heavy atom. The number of rotatable bonds is 8. The van der Waals surface area contributed by atoms with Crippen molar-refractivity contribution in [3.05, 3.63) is 0 Å². The van der Waals surface area contributed by atoms with Crippen molar-refractivity contribution in [2.45, 2.75) is 46.1 Å². The van der Waals surface area contributed by atoms with Crippen molar-refractivity contribution in [3.63, 3.8) is 0 Å². The van der Waals surface area contributed by atoms with Crippen molar-refractivity contribution in [2.75, 3.05) is 20.2 Å². The van der Waals surface area contributed by atoms with Crippen LogP contribution in [0.4, 0.5) is 0 Å². The summed E-state index contributed by atoms with van der Waals surface area (Å²) >= 11 is 0. The number of nitrogens with one attached hydrogen (secondary N) is 1. The first-order valence-corrected chi connectivity index (χ1v) is 5.69. The van der Waals surface area contributed by atoms with Crippen LogP contribution in [0.15, 0.2) is 0 Å². The van der Waals surface area contributed by atoms with Crippen molar-refractivity contribution < 1.29 is 4.74 Å². The highest BCUT2D eigenvalue weighted by Gasteiger charge is 2.15.